The average molecular weight is 701 g/mol. The maximum Gasteiger partial charge on any atom is 0.261 e. The predicted molar refractivity (Wildman–Crippen MR) is 202 cm³/mol. The molecule has 0 atom stereocenters. The van der Waals surface area contributed by atoms with E-state index in [2.05, 4.69) is 30.2 Å². The van der Waals surface area contributed by atoms with E-state index in [4.69, 9.17) is 0 Å². The van der Waals surface area contributed by atoms with Crippen LogP contribution in [0.2, 0.25) is 0 Å². The van der Waals surface area contributed by atoms with Crippen LogP contribution < -0.4 is 20.4 Å². The maximum atomic E-state index is 13.7. The van der Waals surface area contributed by atoms with Crippen LogP contribution in [0.4, 0.5) is 11.4 Å². The number of benzene rings is 4. The highest BCUT2D eigenvalue weighted by Crippen LogP contribution is 2.39. The standard InChI is InChI=1S/C40H44N8O4/c49-37-29-5-1-3-27-33(9-7-31(35(27)29)39(51)47(37)25-19-43-15-11-41-12-16-43)45-21-23-46(24-22-45)34-10-8-32-36-28(34)4-2-6-30(36)38(50)48(40(32)52)26-20-44-17-13-42-14-18-44/h1-10,41-42H,11-26H2. The van der Waals surface area contributed by atoms with Gasteiger partial charge in [0, 0.05) is 160 Å². The molecule has 0 radical (unpaired) electrons. The first-order valence-electron chi connectivity index (χ1n) is 18.7. The minimum absolute atomic E-state index is 0.220. The van der Waals surface area contributed by atoms with Crippen molar-refractivity contribution in [3.63, 3.8) is 0 Å². The van der Waals surface area contributed by atoms with Crippen LogP contribution in [0.3, 0.4) is 0 Å². The number of nitrogens with zero attached hydrogens (tertiary/aromatic N) is 6. The second-order valence-corrected chi connectivity index (χ2v) is 14.4. The average Bonchev–Trinajstić information content (AvgIpc) is 3.19. The second-order valence-electron chi connectivity index (χ2n) is 14.4. The van der Waals surface area contributed by atoms with E-state index in [9.17, 15) is 19.2 Å². The van der Waals surface area contributed by atoms with Gasteiger partial charge in [-0.05, 0) is 36.4 Å². The van der Waals surface area contributed by atoms with Crippen molar-refractivity contribution in [1.82, 2.24) is 30.2 Å². The van der Waals surface area contributed by atoms with Crippen molar-refractivity contribution in [2.24, 2.45) is 0 Å². The fourth-order valence-corrected chi connectivity index (χ4v) is 8.76. The van der Waals surface area contributed by atoms with Crippen LogP contribution in [0.5, 0.6) is 0 Å². The molecule has 0 saturated carbocycles. The number of rotatable bonds is 8. The van der Waals surface area contributed by atoms with E-state index < -0.39 is 0 Å². The molecule has 5 heterocycles. The lowest BCUT2D eigenvalue weighted by Crippen LogP contribution is -2.49. The number of amides is 4. The Bertz CT molecular complexity index is 1900. The van der Waals surface area contributed by atoms with Gasteiger partial charge >= 0.3 is 0 Å². The summed E-state index contributed by atoms with van der Waals surface area (Å²) >= 11 is 0. The van der Waals surface area contributed by atoms with E-state index >= 15 is 0 Å². The number of hydrogen-bond donors (Lipinski definition) is 2. The molecule has 12 nitrogen and oxygen atoms in total. The molecule has 2 N–H and O–H groups in total. The topological polar surface area (TPSA) is 112 Å². The first-order chi connectivity index (χ1) is 25.5. The molecule has 0 spiro atoms. The van der Waals surface area contributed by atoms with E-state index in [1.165, 1.54) is 9.80 Å². The number of carbonyl (C=O) groups is 4. The zero-order chi connectivity index (χ0) is 35.3. The Balaban J connectivity index is 0.930. The molecule has 5 aliphatic rings. The Morgan fingerprint density at radius 2 is 0.788 bits per heavy atom. The fourth-order valence-electron chi connectivity index (χ4n) is 8.76. The Hall–Kier alpha value is -4.88. The maximum absolute atomic E-state index is 13.7. The van der Waals surface area contributed by atoms with Gasteiger partial charge in [-0.2, -0.15) is 0 Å². The molecule has 0 aromatic heterocycles. The molecule has 0 aliphatic carbocycles. The van der Waals surface area contributed by atoms with Gasteiger partial charge in [0.1, 0.15) is 0 Å². The lowest BCUT2D eigenvalue weighted by molar-refractivity contribution is 0.0574. The van der Waals surface area contributed by atoms with Gasteiger partial charge in [-0.1, -0.05) is 24.3 Å². The summed E-state index contributed by atoms with van der Waals surface area (Å²) in [5, 5.41) is 10.0. The number of carbonyl (C=O) groups excluding carboxylic acids is 4. The zero-order valence-corrected chi connectivity index (χ0v) is 29.4. The highest BCUT2D eigenvalue weighted by Gasteiger charge is 2.36. The number of imide groups is 2. The van der Waals surface area contributed by atoms with Crippen molar-refractivity contribution in [3.05, 3.63) is 82.9 Å². The zero-order valence-electron chi connectivity index (χ0n) is 29.4. The van der Waals surface area contributed by atoms with Crippen molar-refractivity contribution in [2.45, 2.75) is 0 Å². The Morgan fingerprint density at radius 3 is 1.17 bits per heavy atom. The van der Waals surface area contributed by atoms with Crippen LogP contribution in [0.25, 0.3) is 21.5 Å². The molecule has 3 saturated heterocycles. The van der Waals surface area contributed by atoms with Crippen LogP contribution in [0, 0.1) is 0 Å². The van der Waals surface area contributed by atoms with Crippen molar-refractivity contribution in [3.8, 4) is 0 Å². The second kappa shape index (κ2) is 13.6. The van der Waals surface area contributed by atoms with Crippen molar-refractivity contribution < 1.29 is 19.2 Å². The van der Waals surface area contributed by atoms with E-state index in [1.54, 1.807) is 0 Å². The monoisotopic (exact) mass is 700 g/mol. The third-order valence-electron chi connectivity index (χ3n) is 11.6. The molecule has 268 valence electrons. The number of anilines is 2. The van der Waals surface area contributed by atoms with E-state index in [1.807, 2.05) is 60.7 Å². The summed E-state index contributed by atoms with van der Waals surface area (Å²) in [5.74, 6) is -0.879. The normalized spacial score (nSPS) is 20.2. The van der Waals surface area contributed by atoms with Crippen LogP contribution in [-0.4, -0.2) is 148 Å². The van der Waals surface area contributed by atoms with Crippen LogP contribution in [0.15, 0.2) is 60.7 Å². The highest BCUT2D eigenvalue weighted by atomic mass is 16.2. The molecular formula is C40H44N8O4. The molecule has 4 amide bonds. The van der Waals surface area contributed by atoms with Crippen LogP contribution >= 0.6 is 0 Å². The third kappa shape index (κ3) is 5.61. The summed E-state index contributed by atoms with van der Waals surface area (Å²) in [4.78, 5) is 67.0. The van der Waals surface area contributed by atoms with E-state index in [-0.39, 0.29) is 23.6 Å². The molecule has 12 heteroatoms. The molecule has 0 bridgehead atoms. The number of nitrogens with one attached hydrogen (secondary N) is 2. The lowest BCUT2D eigenvalue weighted by Gasteiger charge is -2.39. The molecule has 9 rings (SSSR count). The first kappa shape index (κ1) is 33.0. The Morgan fingerprint density at radius 1 is 0.423 bits per heavy atom. The van der Waals surface area contributed by atoms with Gasteiger partial charge in [-0.15, -0.1) is 0 Å². The molecular weight excluding hydrogens is 656 g/mol. The lowest BCUT2D eigenvalue weighted by atomic mass is 9.92. The van der Waals surface area contributed by atoms with Gasteiger partial charge < -0.3 is 20.4 Å². The minimum Gasteiger partial charge on any atom is -0.367 e. The SMILES string of the molecule is O=C1c2cccc3c(N4CCN(c5ccc6c7c(cccc57)C(=O)N(CCN5CCNCC5)C6=O)CC4)ccc(c23)C(=O)N1CCN1CCNCC1. The molecule has 4 aromatic rings. The van der Waals surface area contributed by atoms with Gasteiger partial charge in [0.15, 0.2) is 0 Å². The first-order valence-corrected chi connectivity index (χ1v) is 18.7. The summed E-state index contributed by atoms with van der Waals surface area (Å²) in [7, 11) is 0. The van der Waals surface area contributed by atoms with Gasteiger partial charge in [-0.3, -0.25) is 38.8 Å². The molecule has 5 aliphatic heterocycles. The third-order valence-corrected chi connectivity index (χ3v) is 11.6. The van der Waals surface area contributed by atoms with Gasteiger partial charge in [0.05, 0.1) is 0 Å². The summed E-state index contributed by atoms with van der Waals surface area (Å²) < 4.78 is 0. The summed E-state index contributed by atoms with van der Waals surface area (Å²) in [6, 6.07) is 19.4. The Labute approximate surface area is 302 Å². The fraction of sp³-hybridized carbons (Fsp3) is 0.400. The van der Waals surface area contributed by atoms with Crippen molar-refractivity contribution in [1.29, 1.82) is 0 Å². The summed E-state index contributed by atoms with van der Waals surface area (Å²) in [6.07, 6.45) is 0. The van der Waals surface area contributed by atoms with Crippen molar-refractivity contribution >= 4 is 56.5 Å². The van der Waals surface area contributed by atoms with Gasteiger partial charge in [0.25, 0.3) is 23.6 Å². The smallest absolute Gasteiger partial charge is 0.261 e. The molecule has 0 unspecified atom stereocenters. The van der Waals surface area contributed by atoms with Crippen LogP contribution in [-0.2, 0) is 0 Å². The largest absolute Gasteiger partial charge is 0.367 e. The van der Waals surface area contributed by atoms with Gasteiger partial charge in [-0.25, -0.2) is 0 Å². The minimum atomic E-state index is -0.220. The predicted octanol–water partition coefficient (Wildman–Crippen LogP) is 2.32. The van der Waals surface area contributed by atoms with Crippen LogP contribution in [0.1, 0.15) is 41.4 Å². The number of hydrogen-bond acceptors (Lipinski definition) is 10. The summed E-state index contributed by atoms with van der Waals surface area (Å²) in [6.45, 7) is 12.4. The number of piperazine rings is 3. The molecule has 3 fully saturated rings. The van der Waals surface area contributed by atoms with Gasteiger partial charge in [0.2, 0.25) is 0 Å². The molecule has 52 heavy (non-hydrogen) atoms. The van der Waals surface area contributed by atoms with Crippen molar-refractivity contribution in [2.75, 3.05) is 115 Å². The quantitative estimate of drug-likeness (QED) is 0.266. The summed E-state index contributed by atoms with van der Waals surface area (Å²) in [5.41, 5.74) is 4.38. The molecule has 4 aromatic carbocycles. The van der Waals surface area contributed by atoms with E-state index in [0.29, 0.717) is 48.4 Å². The highest BCUT2D eigenvalue weighted by molar-refractivity contribution is 6.28. The Kier molecular flexibility index (Phi) is 8.62. The van der Waals surface area contributed by atoms with E-state index in [0.717, 1.165) is 111 Å².